The quantitative estimate of drug-likeness (QED) is 0.780. The van der Waals surface area contributed by atoms with Gasteiger partial charge in [-0.15, -0.1) is 0 Å². The van der Waals surface area contributed by atoms with Crippen LogP contribution in [-0.2, 0) is 13.0 Å². The molecule has 18 heavy (non-hydrogen) atoms. The van der Waals surface area contributed by atoms with Crippen molar-refractivity contribution in [2.24, 2.45) is 0 Å². The summed E-state index contributed by atoms with van der Waals surface area (Å²) in [6.07, 6.45) is 3.06. The average Bonchev–Trinajstić information content (AvgIpc) is 2.68. The van der Waals surface area contributed by atoms with Gasteiger partial charge in [0.2, 0.25) is 0 Å². The van der Waals surface area contributed by atoms with E-state index in [1.54, 1.807) is 0 Å². The van der Waals surface area contributed by atoms with Gasteiger partial charge in [0, 0.05) is 23.9 Å². The first-order valence-corrected chi connectivity index (χ1v) is 6.66. The summed E-state index contributed by atoms with van der Waals surface area (Å²) in [4.78, 5) is 4.37. The van der Waals surface area contributed by atoms with E-state index in [2.05, 4.69) is 25.5 Å². The van der Waals surface area contributed by atoms with Gasteiger partial charge in [0.1, 0.15) is 11.6 Å². The van der Waals surface area contributed by atoms with Crippen molar-refractivity contribution in [2.75, 3.05) is 0 Å². The third-order valence-electron chi connectivity index (χ3n) is 3.26. The van der Waals surface area contributed by atoms with Crippen LogP contribution in [0.2, 0.25) is 0 Å². The summed E-state index contributed by atoms with van der Waals surface area (Å²) in [6.45, 7) is 0.895. The molecule has 0 saturated heterocycles. The van der Waals surface area contributed by atoms with Crippen molar-refractivity contribution in [1.82, 2.24) is 9.55 Å². The minimum atomic E-state index is -0.566. The molecule has 0 atom stereocenters. The molecule has 1 aliphatic heterocycles. The summed E-state index contributed by atoms with van der Waals surface area (Å²) >= 11 is 3.39. The van der Waals surface area contributed by atoms with Gasteiger partial charge >= 0.3 is 0 Å². The Balaban J connectivity index is 2.17. The van der Waals surface area contributed by atoms with Gasteiger partial charge in [0.05, 0.1) is 5.69 Å². The van der Waals surface area contributed by atoms with Gasteiger partial charge in [-0.05, 0) is 47.3 Å². The van der Waals surface area contributed by atoms with Gasteiger partial charge in [-0.3, -0.25) is 0 Å². The number of imidazole rings is 1. The van der Waals surface area contributed by atoms with Gasteiger partial charge in [-0.2, -0.15) is 0 Å². The summed E-state index contributed by atoms with van der Waals surface area (Å²) in [5.41, 5.74) is 2.02. The monoisotopic (exact) mass is 312 g/mol. The third kappa shape index (κ3) is 1.86. The van der Waals surface area contributed by atoms with Crippen molar-refractivity contribution in [1.29, 1.82) is 0 Å². The van der Waals surface area contributed by atoms with E-state index in [1.165, 1.54) is 12.1 Å². The van der Waals surface area contributed by atoms with Gasteiger partial charge in [0.25, 0.3) is 0 Å². The highest BCUT2D eigenvalue weighted by Gasteiger charge is 2.21. The molecular formula is C13H11BrF2N2. The summed E-state index contributed by atoms with van der Waals surface area (Å²) in [5.74, 6) is -1.13. The zero-order valence-corrected chi connectivity index (χ0v) is 11.2. The number of halogens is 3. The SMILES string of the molecule is Fc1ccc(-c2nc(Br)n3c2CCCC3)c(F)c1. The molecular weight excluding hydrogens is 302 g/mol. The Hall–Kier alpha value is -1.23. The summed E-state index contributed by atoms with van der Waals surface area (Å²) < 4.78 is 29.5. The number of hydrogen-bond acceptors (Lipinski definition) is 1. The molecule has 2 nitrogen and oxygen atoms in total. The Bertz CT molecular complexity index is 607. The maximum absolute atomic E-state index is 13.8. The van der Waals surface area contributed by atoms with Crippen molar-refractivity contribution in [3.05, 3.63) is 40.3 Å². The fraction of sp³-hybridized carbons (Fsp3) is 0.308. The van der Waals surface area contributed by atoms with E-state index in [1.807, 2.05) is 0 Å². The molecule has 0 amide bonds. The van der Waals surface area contributed by atoms with Crippen LogP contribution in [0.1, 0.15) is 18.5 Å². The van der Waals surface area contributed by atoms with Gasteiger partial charge in [-0.25, -0.2) is 13.8 Å². The van der Waals surface area contributed by atoms with Crippen molar-refractivity contribution in [2.45, 2.75) is 25.8 Å². The molecule has 0 N–H and O–H groups in total. The highest BCUT2D eigenvalue weighted by atomic mass is 79.9. The number of benzene rings is 1. The Morgan fingerprint density at radius 1 is 1.22 bits per heavy atom. The third-order valence-corrected chi connectivity index (χ3v) is 3.86. The van der Waals surface area contributed by atoms with Crippen molar-refractivity contribution in [3.8, 4) is 11.3 Å². The summed E-state index contributed by atoms with van der Waals surface area (Å²) in [7, 11) is 0. The lowest BCUT2D eigenvalue weighted by Gasteiger charge is -2.16. The second-order valence-corrected chi connectivity index (χ2v) is 5.12. The van der Waals surface area contributed by atoms with E-state index in [0.29, 0.717) is 11.3 Å². The van der Waals surface area contributed by atoms with Crippen LogP contribution in [0.15, 0.2) is 22.9 Å². The predicted octanol–water partition coefficient (Wildman–Crippen LogP) is 3.93. The lowest BCUT2D eigenvalue weighted by atomic mass is 10.0. The normalized spacial score (nSPS) is 14.6. The molecule has 5 heteroatoms. The molecule has 0 saturated carbocycles. The molecule has 0 fully saturated rings. The molecule has 1 aromatic heterocycles. The molecule has 0 aliphatic carbocycles. The van der Waals surface area contributed by atoms with E-state index in [-0.39, 0.29) is 0 Å². The van der Waals surface area contributed by atoms with E-state index in [4.69, 9.17) is 0 Å². The first-order chi connectivity index (χ1) is 8.66. The molecule has 2 heterocycles. The molecule has 0 bridgehead atoms. The molecule has 1 aliphatic rings. The van der Waals surface area contributed by atoms with E-state index in [9.17, 15) is 8.78 Å². The van der Waals surface area contributed by atoms with Crippen molar-refractivity contribution in [3.63, 3.8) is 0 Å². The van der Waals surface area contributed by atoms with E-state index >= 15 is 0 Å². The minimum Gasteiger partial charge on any atom is -0.322 e. The van der Waals surface area contributed by atoms with Crippen LogP contribution in [0.25, 0.3) is 11.3 Å². The first-order valence-electron chi connectivity index (χ1n) is 5.87. The van der Waals surface area contributed by atoms with Crippen molar-refractivity contribution < 1.29 is 8.78 Å². The highest BCUT2D eigenvalue weighted by molar-refractivity contribution is 9.10. The first kappa shape index (κ1) is 11.8. The van der Waals surface area contributed by atoms with Crippen LogP contribution in [0.5, 0.6) is 0 Å². The summed E-state index contributed by atoms with van der Waals surface area (Å²) in [5, 5.41) is 0. The number of aromatic nitrogens is 2. The molecule has 3 rings (SSSR count). The van der Waals surface area contributed by atoms with Crippen LogP contribution >= 0.6 is 15.9 Å². The van der Waals surface area contributed by atoms with Crippen LogP contribution in [-0.4, -0.2) is 9.55 Å². The highest BCUT2D eigenvalue weighted by Crippen LogP contribution is 2.32. The largest absolute Gasteiger partial charge is 0.322 e. The van der Waals surface area contributed by atoms with Crippen LogP contribution in [0.3, 0.4) is 0 Å². The second-order valence-electron chi connectivity index (χ2n) is 4.41. The number of hydrogen-bond donors (Lipinski definition) is 0. The fourth-order valence-corrected chi connectivity index (χ4v) is 2.97. The molecule has 0 spiro atoms. The van der Waals surface area contributed by atoms with Crippen LogP contribution < -0.4 is 0 Å². The minimum absolute atomic E-state index is 0.368. The Labute approximate surface area is 112 Å². The molecule has 2 aromatic rings. The van der Waals surface area contributed by atoms with Gasteiger partial charge in [-0.1, -0.05) is 0 Å². The van der Waals surface area contributed by atoms with Crippen LogP contribution in [0.4, 0.5) is 8.78 Å². The standard InChI is InChI=1S/C13H11BrF2N2/c14-13-17-12(11-3-1-2-6-18(11)13)9-5-4-8(15)7-10(9)16/h4-5,7H,1-3,6H2. The molecule has 94 valence electrons. The Morgan fingerprint density at radius 3 is 2.83 bits per heavy atom. The van der Waals surface area contributed by atoms with E-state index < -0.39 is 11.6 Å². The smallest absolute Gasteiger partial charge is 0.177 e. The number of rotatable bonds is 1. The fourth-order valence-electron chi connectivity index (χ4n) is 2.40. The lowest BCUT2D eigenvalue weighted by Crippen LogP contribution is -2.10. The van der Waals surface area contributed by atoms with Crippen molar-refractivity contribution >= 4 is 15.9 Å². The zero-order chi connectivity index (χ0) is 12.7. The predicted molar refractivity (Wildman–Crippen MR) is 68.2 cm³/mol. The van der Waals surface area contributed by atoms with Crippen LogP contribution in [0, 0.1) is 11.6 Å². The Morgan fingerprint density at radius 2 is 2.06 bits per heavy atom. The van der Waals surface area contributed by atoms with E-state index in [0.717, 1.165) is 42.3 Å². The summed E-state index contributed by atoms with van der Waals surface area (Å²) in [6, 6.07) is 3.62. The Kier molecular flexibility index (Phi) is 2.93. The zero-order valence-electron chi connectivity index (χ0n) is 9.59. The average molecular weight is 313 g/mol. The number of fused-ring (bicyclic) bond motifs is 1. The van der Waals surface area contributed by atoms with Gasteiger partial charge in [0.15, 0.2) is 4.73 Å². The maximum Gasteiger partial charge on any atom is 0.177 e. The lowest BCUT2D eigenvalue weighted by molar-refractivity contribution is 0.524. The number of nitrogens with zero attached hydrogens (tertiary/aromatic N) is 2. The topological polar surface area (TPSA) is 17.8 Å². The molecule has 0 unspecified atom stereocenters. The second kappa shape index (κ2) is 4.46. The molecule has 0 radical (unpaired) electrons. The van der Waals surface area contributed by atoms with Gasteiger partial charge < -0.3 is 4.57 Å². The maximum atomic E-state index is 13.8. The molecule has 1 aromatic carbocycles.